The molecular weight excluding hydrogens is 411 g/mol. The predicted octanol–water partition coefficient (Wildman–Crippen LogP) is 2.16. The second-order valence-corrected chi connectivity index (χ2v) is 10.4. The van der Waals surface area contributed by atoms with Gasteiger partial charge in [-0.25, -0.2) is 12.8 Å². The van der Waals surface area contributed by atoms with Gasteiger partial charge in [0.2, 0.25) is 0 Å². The van der Waals surface area contributed by atoms with Gasteiger partial charge < -0.3 is 10.6 Å². The lowest BCUT2D eigenvalue weighted by atomic mass is 10.1. The van der Waals surface area contributed by atoms with Crippen LogP contribution in [0.15, 0.2) is 34.6 Å². The standard InChI is InChI=1S/C20H27FN4O2S2/c1-22-20(23-7-9-25-8-5-19-15(13-25)6-10-28-19)24-12-17-11-18(21)4-3-16(17)14-29(2,26)27/h3-4,6,10-11H,5,7-9,12-14H2,1-2H3,(H2,22,23,24). The SMILES string of the molecule is CN=C(NCCN1CCc2sccc2C1)NCc1cc(F)ccc1CS(C)(=O)=O. The highest BCUT2D eigenvalue weighted by Crippen LogP contribution is 2.23. The fourth-order valence-corrected chi connectivity index (χ4v) is 5.15. The largest absolute Gasteiger partial charge is 0.355 e. The van der Waals surface area contributed by atoms with Crippen molar-refractivity contribution in [1.29, 1.82) is 0 Å². The van der Waals surface area contributed by atoms with E-state index in [1.54, 1.807) is 7.05 Å². The van der Waals surface area contributed by atoms with Crippen LogP contribution in [0, 0.1) is 5.82 Å². The second kappa shape index (κ2) is 9.69. The molecule has 2 aromatic rings. The van der Waals surface area contributed by atoms with Crippen LogP contribution in [0.4, 0.5) is 4.39 Å². The van der Waals surface area contributed by atoms with Crippen molar-refractivity contribution in [3.05, 3.63) is 57.0 Å². The highest BCUT2D eigenvalue weighted by Gasteiger charge is 2.16. The monoisotopic (exact) mass is 438 g/mol. The molecule has 0 unspecified atom stereocenters. The lowest BCUT2D eigenvalue weighted by Gasteiger charge is -2.27. The van der Waals surface area contributed by atoms with Gasteiger partial charge in [-0.1, -0.05) is 6.07 Å². The van der Waals surface area contributed by atoms with Crippen molar-refractivity contribution in [3.8, 4) is 0 Å². The number of halogens is 1. The molecule has 2 heterocycles. The van der Waals surface area contributed by atoms with Crippen molar-refractivity contribution in [2.75, 3.05) is 32.9 Å². The van der Waals surface area contributed by atoms with Gasteiger partial charge in [0.1, 0.15) is 5.82 Å². The predicted molar refractivity (Wildman–Crippen MR) is 116 cm³/mol. The van der Waals surface area contributed by atoms with E-state index in [0.29, 0.717) is 23.6 Å². The van der Waals surface area contributed by atoms with Crippen molar-refractivity contribution in [3.63, 3.8) is 0 Å². The maximum Gasteiger partial charge on any atom is 0.191 e. The van der Waals surface area contributed by atoms with Crippen LogP contribution in [-0.4, -0.2) is 52.2 Å². The fraction of sp³-hybridized carbons (Fsp3) is 0.450. The molecule has 29 heavy (non-hydrogen) atoms. The molecule has 2 N–H and O–H groups in total. The number of aliphatic imine (C=N–C) groups is 1. The molecule has 158 valence electrons. The molecular formula is C20H27FN4O2S2. The first kappa shape index (κ1) is 21.7. The van der Waals surface area contributed by atoms with Crippen LogP contribution < -0.4 is 10.6 Å². The normalized spacial score (nSPS) is 15.2. The van der Waals surface area contributed by atoms with Gasteiger partial charge in [0, 0.05) is 50.9 Å². The number of hydrogen-bond donors (Lipinski definition) is 2. The Labute approximate surface area is 175 Å². The first-order valence-corrected chi connectivity index (χ1v) is 12.5. The lowest BCUT2D eigenvalue weighted by Crippen LogP contribution is -2.42. The van der Waals surface area contributed by atoms with Crippen molar-refractivity contribution >= 4 is 27.1 Å². The van der Waals surface area contributed by atoms with Crippen LogP contribution in [0.5, 0.6) is 0 Å². The Morgan fingerprint density at radius 1 is 1.28 bits per heavy atom. The molecule has 9 heteroatoms. The molecule has 0 spiro atoms. The first-order valence-electron chi connectivity index (χ1n) is 9.51. The number of sulfone groups is 1. The van der Waals surface area contributed by atoms with Gasteiger partial charge in [-0.3, -0.25) is 9.89 Å². The van der Waals surface area contributed by atoms with Crippen molar-refractivity contribution < 1.29 is 12.8 Å². The van der Waals surface area contributed by atoms with Gasteiger partial charge in [-0.15, -0.1) is 11.3 Å². The number of nitrogens with one attached hydrogen (secondary N) is 2. The molecule has 0 bridgehead atoms. The molecule has 6 nitrogen and oxygen atoms in total. The highest BCUT2D eigenvalue weighted by atomic mass is 32.2. The molecule has 3 rings (SSSR count). The molecule has 1 aromatic heterocycles. The van der Waals surface area contributed by atoms with E-state index in [9.17, 15) is 12.8 Å². The summed E-state index contributed by atoms with van der Waals surface area (Å²) in [6.07, 6.45) is 2.27. The molecule has 1 aliphatic rings. The van der Waals surface area contributed by atoms with E-state index >= 15 is 0 Å². The highest BCUT2D eigenvalue weighted by molar-refractivity contribution is 7.89. The first-order chi connectivity index (χ1) is 13.8. The van der Waals surface area contributed by atoms with Crippen LogP contribution in [0.1, 0.15) is 21.6 Å². The molecule has 0 amide bonds. The van der Waals surface area contributed by atoms with E-state index in [-0.39, 0.29) is 11.6 Å². The summed E-state index contributed by atoms with van der Waals surface area (Å²) in [5.74, 6) is 0.100. The zero-order valence-electron chi connectivity index (χ0n) is 16.7. The molecule has 0 saturated carbocycles. The summed E-state index contributed by atoms with van der Waals surface area (Å²) in [7, 11) is -1.52. The topological polar surface area (TPSA) is 73.8 Å². The number of fused-ring (bicyclic) bond motifs is 1. The van der Waals surface area contributed by atoms with Gasteiger partial charge in [0.15, 0.2) is 15.8 Å². The summed E-state index contributed by atoms with van der Waals surface area (Å²) in [6.45, 7) is 3.96. The Balaban J connectivity index is 1.50. The van der Waals surface area contributed by atoms with Crippen LogP contribution in [0.2, 0.25) is 0 Å². The van der Waals surface area contributed by atoms with E-state index in [0.717, 1.165) is 32.6 Å². The second-order valence-electron chi connectivity index (χ2n) is 7.23. The molecule has 1 aliphatic heterocycles. The average molecular weight is 439 g/mol. The Bertz CT molecular complexity index is 973. The number of benzene rings is 1. The van der Waals surface area contributed by atoms with Gasteiger partial charge in [0.05, 0.1) is 5.75 Å². The molecule has 0 fully saturated rings. The van der Waals surface area contributed by atoms with Crippen LogP contribution in [-0.2, 0) is 35.1 Å². The minimum Gasteiger partial charge on any atom is -0.355 e. The van der Waals surface area contributed by atoms with Crippen LogP contribution in [0.3, 0.4) is 0 Å². The number of nitrogens with zero attached hydrogens (tertiary/aromatic N) is 2. The Morgan fingerprint density at radius 2 is 2.10 bits per heavy atom. The number of guanidine groups is 1. The Hall–Kier alpha value is -1.97. The summed E-state index contributed by atoms with van der Waals surface area (Å²) >= 11 is 1.83. The maximum atomic E-state index is 13.6. The summed E-state index contributed by atoms with van der Waals surface area (Å²) in [5.41, 5.74) is 2.63. The number of hydrogen-bond acceptors (Lipinski definition) is 5. The third-order valence-corrected chi connectivity index (χ3v) is 6.72. The third kappa shape index (κ3) is 6.52. The van der Waals surface area contributed by atoms with Gasteiger partial charge in [-0.05, 0) is 46.7 Å². The summed E-state index contributed by atoms with van der Waals surface area (Å²) in [5, 5.41) is 8.58. The van der Waals surface area contributed by atoms with E-state index in [1.165, 1.54) is 34.9 Å². The van der Waals surface area contributed by atoms with E-state index in [4.69, 9.17) is 0 Å². The lowest BCUT2D eigenvalue weighted by molar-refractivity contribution is 0.260. The minimum absolute atomic E-state index is 0.115. The summed E-state index contributed by atoms with van der Waals surface area (Å²) in [6, 6.07) is 6.38. The maximum absolute atomic E-state index is 13.6. The van der Waals surface area contributed by atoms with Gasteiger partial charge in [0.25, 0.3) is 0 Å². The minimum atomic E-state index is -3.20. The van der Waals surface area contributed by atoms with E-state index in [1.807, 2.05) is 11.3 Å². The zero-order chi connectivity index (χ0) is 20.9. The third-order valence-electron chi connectivity index (χ3n) is 4.86. The molecule has 0 aliphatic carbocycles. The molecule has 0 atom stereocenters. The van der Waals surface area contributed by atoms with Gasteiger partial charge >= 0.3 is 0 Å². The van der Waals surface area contributed by atoms with E-state index < -0.39 is 9.84 Å². The van der Waals surface area contributed by atoms with Crippen molar-refractivity contribution in [2.45, 2.75) is 25.3 Å². The average Bonchev–Trinajstić information content (AvgIpc) is 3.13. The molecule has 0 radical (unpaired) electrons. The van der Waals surface area contributed by atoms with Crippen molar-refractivity contribution in [2.24, 2.45) is 4.99 Å². The quantitative estimate of drug-likeness (QED) is 0.512. The van der Waals surface area contributed by atoms with E-state index in [2.05, 4.69) is 32.0 Å². The van der Waals surface area contributed by atoms with Crippen LogP contribution in [0.25, 0.3) is 0 Å². The van der Waals surface area contributed by atoms with Gasteiger partial charge in [-0.2, -0.15) is 0 Å². The Kier molecular flexibility index (Phi) is 7.26. The summed E-state index contributed by atoms with van der Waals surface area (Å²) < 4.78 is 36.9. The summed E-state index contributed by atoms with van der Waals surface area (Å²) in [4.78, 5) is 8.11. The molecule has 0 saturated heterocycles. The number of rotatable bonds is 7. The number of thiophene rings is 1. The molecule has 1 aromatic carbocycles. The van der Waals surface area contributed by atoms with Crippen molar-refractivity contribution in [1.82, 2.24) is 15.5 Å². The Morgan fingerprint density at radius 3 is 2.86 bits per heavy atom. The smallest absolute Gasteiger partial charge is 0.191 e. The fourth-order valence-electron chi connectivity index (χ4n) is 3.41. The zero-order valence-corrected chi connectivity index (χ0v) is 18.4. The van der Waals surface area contributed by atoms with Crippen LogP contribution >= 0.6 is 11.3 Å².